The summed E-state index contributed by atoms with van der Waals surface area (Å²) in [6, 6.07) is 6.52. The highest BCUT2D eigenvalue weighted by Gasteiger charge is 2.29. The third-order valence-electron chi connectivity index (χ3n) is 3.64. The largest absolute Gasteiger partial charge is 0.487 e. The molecule has 2 heterocycles. The fourth-order valence-electron chi connectivity index (χ4n) is 2.72. The SMILES string of the molecule is Cc1csc(CCNCc2ccc3c(c2)CC(C)(C)O3)n1. The molecule has 1 aromatic heterocycles. The molecule has 1 N–H and O–H groups in total. The molecular formula is C17H22N2OS. The second kappa shape index (κ2) is 5.78. The first kappa shape index (κ1) is 14.5. The fourth-order valence-corrected chi connectivity index (χ4v) is 3.49. The van der Waals surface area contributed by atoms with E-state index in [-0.39, 0.29) is 5.60 Å². The first-order valence-electron chi connectivity index (χ1n) is 7.44. The van der Waals surface area contributed by atoms with Crippen molar-refractivity contribution in [2.45, 2.75) is 45.8 Å². The Hall–Kier alpha value is -1.39. The number of benzene rings is 1. The van der Waals surface area contributed by atoms with E-state index in [1.165, 1.54) is 16.1 Å². The molecule has 3 nitrogen and oxygen atoms in total. The normalized spacial score (nSPS) is 15.8. The Bertz CT molecular complexity index is 633. The molecule has 0 saturated heterocycles. The van der Waals surface area contributed by atoms with Gasteiger partial charge in [-0.3, -0.25) is 0 Å². The Morgan fingerprint density at radius 2 is 2.24 bits per heavy atom. The molecule has 1 aliphatic rings. The average molecular weight is 302 g/mol. The van der Waals surface area contributed by atoms with E-state index in [1.54, 1.807) is 11.3 Å². The van der Waals surface area contributed by atoms with Gasteiger partial charge in [-0.15, -0.1) is 11.3 Å². The Labute approximate surface area is 130 Å². The van der Waals surface area contributed by atoms with Gasteiger partial charge in [-0.2, -0.15) is 0 Å². The van der Waals surface area contributed by atoms with E-state index in [0.717, 1.165) is 37.4 Å². The molecule has 0 aliphatic carbocycles. The second-order valence-corrected chi connectivity index (χ2v) is 7.23. The van der Waals surface area contributed by atoms with Crippen molar-refractivity contribution in [1.82, 2.24) is 10.3 Å². The summed E-state index contributed by atoms with van der Waals surface area (Å²) in [5.41, 5.74) is 3.72. The van der Waals surface area contributed by atoms with Crippen LogP contribution in [0, 0.1) is 6.92 Å². The molecular weight excluding hydrogens is 280 g/mol. The maximum atomic E-state index is 5.91. The number of ether oxygens (including phenoxy) is 1. The van der Waals surface area contributed by atoms with Gasteiger partial charge in [0.05, 0.1) is 5.01 Å². The van der Waals surface area contributed by atoms with Crippen LogP contribution in [0.2, 0.25) is 0 Å². The molecule has 0 amide bonds. The van der Waals surface area contributed by atoms with Crippen LogP contribution in [-0.4, -0.2) is 17.1 Å². The summed E-state index contributed by atoms with van der Waals surface area (Å²) in [6.07, 6.45) is 1.99. The average Bonchev–Trinajstić information content (AvgIpc) is 2.95. The first-order chi connectivity index (χ1) is 10.0. The van der Waals surface area contributed by atoms with Crippen molar-refractivity contribution < 1.29 is 4.74 Å². The van der Waals surface area contributed by atoms with Crippen LogP contribution in [0.1, 0.15) is 35.7 Å². The van der Waals surface area contributed by atoms with Crippen LogP contribution < -0.4 is 10.1 Å². The monoisotopic (exact) mass is 302 g/mol. The molecule has 21 heavy (non-hydrogen) atoms. The zero-order valence-corrected chi connectivity index (χ0v) is 13.7. The maximum Gasteiger partial charge on any atom is 0.123 e. The number of aryl methyl sites for hydroxylation is 1. The Morgan fingerprint density at radius 1 is 1.38 bits per heavy atom. The Balaban J connectivity index is 1.50. The fraction of sp³-hybridized carbons (Fsp3) is 0.471. The number of fused-ring (bicyclic) bond motifs is 1. The first-order valence-corrected chi connectivity index (χ1v) is 8.32. The van der Waals surface area contributed by atoms with E-state index >= 15 is 0 Å². The highest BCUT2D eigenvalue weighted by atomic mass is 32.1. The second-order valence-electron chi connectivity index (χ2n) is 6.29. The van der Waals surface area contributed by atoms with E-state index in [0.29, 0.717) is 0 Å². The van der Waals surface area contributed by atoms with E-state index in [9.17, 15) is 0 Å². The van der Waals surface area contributed by atoms with E-state index in [1.807, 2.05) is 6.92 Å². The van der Waals surface area contributed by atoms with Crippen LogP contribution >= 0.6 is 11.3 Å². The molecule has 0 spiro atoms. The molecule has 3 rings (SSSR count). The van der Waals surface area contributed by atoms with E-state index in [4.69, 9.17) is 4.74 Å². The highest BCUT2D eigenvalue weighted by molar-refractivity contribution is 7.09. The van der Waals surface area contributed by atoms with Crippen molar-refractivity contribution in [2.75, 3.05) is 6.54 Å². The minimum atomic E-state index is -0.0584. The molecule has 2 aromatic rings. The van der Waals surface area contributed by atoms with Gasteiger partial charge in [-0.1, -0.05) is 12.1 Å². The molecule has 112 valence electrons. The van der Waals surface area contributed by atoms with Crippen LogP contribution in [-0.2, 0) is 19.4 Å². The van der Waals surface area contributed by atoms with Crippen LogP contribution in [0.3, 0.4) is 0 Å². The number of thiazole rings is 1. The Kier molecular flexibility index (Phi) is 4.00. The number of hydrogen-bond acceptors (Lipinski definition) is 4. The zero-order valence-electron chi connectivity index (χ0n) is 12.9. The van der Waals surface area contributed by atoms with Gasteiger partial charge < -0.3 is 10.1 Å². The summed E-state index contributed by atoms with van der Waals surface area (Å²) in [5, 5.41) is 6.82. The molecule has 0 unspecified atom stereocenters. The molecule has 0 saturated carbocycles. The minimum absolute atomic E-state index is 0.0584. The maximum absolute atomic E-state index is 5.91. The van der Waals surface area contributed by atoms with Gasteiger partial charge in [-0.05, 0) is 38.0 Å². The third-order valence-corrected chi connectivity index (χ3v) is 4.67. The highest BCUT2D eigenvalue weighted by Crippen LogP contribution is 2.35. The number of nitrogens with zero attached hydrogens (tertiary/aromatic N) is 1. The van der Waals surface area contributed by atoms with Gasteiger partial charge in [0.15, 0.2) is 0 Å². The van der Waals surface area contributed by atoms with Gasteiger partial charge in [0, 0.05) is 37.0 Å². The van der Waals surface area contributed by atoms with E-state index < -0.39 is 0 Å². The lowest BCUT2D eigenvalue weighted by atomic mass is 10.0. The Morgan fingerprint density at radius 3 is 3.00 bits per heavy atom. The van der Waals surface area contributed by atoms with Gasteiger partial charge in [-0.25, -0.2) is 4.98 Å². The summed E-state index contributed by atoms with van der Waals surface area (Å²) in [7, 11) is 0. The number of nitrogens with one attached hydrogen (secondary N) is 1. The van der Waals surface area contributed by atoms with Gasteiger partial charge in [0.2, 0.25) is 0 Å². The van der Waals surface area contributed by atoms with Crippen molar-refractivity contribution in [1.29, 1.82) is 0 Å². The number of hydrogen-bond donors (Lipinski definition) is 1. The van der Waals surface area contributed by atoms with Gasteiger partial charge in [0.1, 0.15) is 11.4 Å². The molecule has 1 aliphatic heterocycles. The van der Waals surface area contributed by atoms with Crippen molar-refractivity contribution in [2.24, 2.45) is 0 Å². The molecule has 0 radical (unpaired) electrons. The molecule has 4 heteroatoms. The lowest BCUT2D eigenvalue weighted by Gasteiger charge is -2.16. The summed E-state index contributed by atoms with van der Waals surface area (Å²) in [6.45, 7) is 8.19. The smallest absolute Gasteiger partial charge is 0.123 e. The number of rotatable bonds is 5. The van der Waals surface area contributed by atoms with Crippen molar-refractivity contribution in [3.63, 3.8) is 0 Å². The molecule has 0 atom stereocenters. The standard InChI is InChI=1S/C17H22N2OS/c1-12-11-21-16(19-12)6-7-18-10-13-4-5-15-14(8-13)9-17(2,3)20-15/h4-5,8,11,18H,6-7,9-10H2,1-3H3. The van der Waals surface area contributed by atoms with Crippen LogP contribution in [0.5, 0.6) is 5.75 Å². The van der Waals surface area contributed by atoms with E-state index in [2.05, 4.69) is 47.7 Å². The van der Waals surface area contributed by atoms with Crippen molar-refractivity contribution in [3.8, 4) is 5.75 Å². The van der Waals surface area contributed by atoms with Gasteiger partial charge >= 0.3 is 0 Å². The number of aromatic nitrogens is 1. The lowest BCUT2D eigenvalue weighted by Crippen LogP contribution is -2.24. The van der Waals surface area contributed by atoms with Gasteiger partial charge in [0.25, 0.3) is 0 Å². The van der Waals surface area contributed by atoms with Crippen LogP contribution in [0.4, 0.5) is 0 Å². The third kappa shape index (κ3) is 3.63. The van der Waals surface area contributed by atoms with Crippen molar-refractivity contribution >= 4 is 11.3 Å². The molecule has 0 fully saturated rings. The topological polar surface area (TPSA) is 34.1 Å². The quantitative estimate of drug-likeness (QED) is 0.858. The summed E-state index contributed by atoms with van der Waals surface area (Å²) < 4.78 is 5.91. The summed E-state index contributed by atoms with van der Waals surface area (Å²) >= 11 is 1.74. The molecule has 0 bridgehead atoms. The van der Waals surface area contributed by atoms with Crippen LogP contribution in [0.15, 0.2) is 23.6 Å². The summed E-state index contributed by atoms with van der Waals surface area (Å²) in [5.74, 6) is 1.04. The van der Waals surface area contributed by atoms with Crippen LogP contribution in [0.25, 0.3) is 0 Å². The molecule has 1 aromatic carbocycles. The summed E-state index contributed by atoms with van der Waals surface area (Å²) in [4.78, 5) is 4.48. The predicted octanol–water partition coefficient (Wildman–Crippen LogP) is 3.50. The lowest BCUT2D eigenvalue weighted by molar-refractivity contribution is 0.138. The van der Waals surface area contributed by atoms with Crippen molar-refractivity contribution in [3.05, 3.63) is 45.4 Å². The zero-order chi connectivity index (χ0) is 14.9. The minimum Gasteiger partial charge on any atom is -0.487 e. The predicted molar refractivity (Wildman–Crippen MR) is 87.1 cm³/mol.